The lowest BCUT2D eigenvalue weighted by Crippen LogP contribution is -2.30. The van der Waals surface area contributed by atoms with Crippen LogP contribution >= 0.6 is 0 Å². The Kier molecular flexibility index (Phi) is 7.33. The second kappa shape index (κ2) is 10.7. The van der Waals surface area contributed by atoms with Gasteiger partial charge in [0, 0.05) is 17.1 Å². The van der Waals surface area contributed by atoms with Crippen LogP contribution in [0.25, 0.3) is 22.2 Å². The molecule has 0 radical (unpaired) electrons. The zero-order chi connectivity index (χ0) is 26.9. The molecule has 0 bridgehead atoms. The third kappa shape index (κ3) is 5.35. The average molecular weight is 518 g/mol. The Balaban J connectivity index is 1.43. The van der Waals surface area contributed by atoms with Gasteiger partial charge in [0.15, 0.2) is 0 Å². The van der Waals surface area contributed by atoms with Gasteiger partial charge in [0.1, 0.15) is 37.4 Å². The molecule has 2 unspecified atom stereocenters. The number of nitrogens with one attached hydrogen (secondary N) is 1. The Bertz CT molecular complexity index is 1340. The molecule has 2 fully saturated rings. The summed E-state index contributed by atoms with van der Waals surface area (Å²) in [5.74, 6) is 0.698. The van der Waals surface area contributed by atoms with E-state index in [-0.39, 0.29) is 17.6 Å². The van der Waals surface area contributed by atoms with Crippen molar-refractivity contribution in [3.8, 4) is 23.1 Å². The van der Waals surface area contributed by atoms with Gasteiger partial charge in [-0.1, -0.05) is 32.9 Å². The fourth-order valence-electron chi connectivity index (χ4n) is 4.66. The summed E-state index contributed by atoms with van der Waals surface area (Å²) in [5, 5.41) is 14.0. The molecule has 1 saturated heterocycles. The number of ether oxygens (including phenoxy) is 4. The molecule has 1 aliphatic carbocycles. The fourth-order valence-corrected chi connectivity index (χ4v) is 4.66. The van der Waals surface area contributed by atoms with Crippen LogP contribution in [0.4, 0.5) is 10.5 Å². The molecule has 8 heteroatoms. The van der Waals surface area contributed by atoms with E-state index in [1.807, 2.05) is 70.2 Å². The molecular weight excluding hydrogens is 482 g/mol. The van der Waals surface area contributed by atoms with Crippen molar-refractivity contribution >= 4 is 22.7 Å². The summed E-state index contributed by atoms with van der Waals surface area (Å²) in [6.07, 6.45) is 2.54. The minimum absolute atomic E-state index is 0.0858. The van der Waals surface area contributed by atoms with Crippen molar-refractivity contribution in [3.05, 3.63) is 48.0 Å². The van der Waals surface area contributed by atoms with Gasteiger partial charge in [-0.2, -0.15) is 5.26 Å². The van der Waals surface area contributed by atoms with Crippen molar-refractivity contribution in [3.63, 3.8) is 0 Å². The SMILES string of the molecule is CC(OC(=O)Nc1ccc(-c2c(C#N)c3cc(OCC4COCO4)ccc3n2C2CCC2)cc1)C(C)(C)C. The van der Waals surface area contributed by atoms with Gasteiger partial charge in [-0.25, -0.2) is 4.79 Å². The summed E-state index contributed by atoms with van der Waals surface area (Å²) in [4.78, 5) is 12.4. The highest BCUT2D eigenvalue weighted by Crippen LogP contribution is 2.43. The molecule has 2 aliphatic rings. The monoisotopic (exact) mass is 517 g/mol. The number of nitrogens with zero attached hydrogens (tertiary/aromatic N) is 2. The van der Waals surface area contributed by atoms with E-state index in [9.17, 15) is 10.1 Å². The summed E-state index contributed by atoms with van der Waals surface area (Å²) < 4.78 is 24.5. The number of amides is 1. The molecule has 2 heterocycles. The second-order valence-corrected chi connectivity index (χ2v) is 11.2. The predicted molar refractivity (Wildman–Crippen MR) is 145 cm³/mol. The molecule has 5 rings (SSSR count). The van der Waals surface area contributed by atoms with Gasteiger partial charge >= 0.3 is 6.09 Å². The number of carbonyl (C=O) groups is 1. The van der Waals surface area contributed by atoms with Crippen LogP contribution in [0.15, 0.2) is 42.5 Å². The molecule has 200 valence electrons. The number of hydrogen-bond donors (Lipinski definition) is 1. The largest absolute Gasteiger partial charge is 0.491 e. The number of benzene rings is 2. The quantitative estimate of drug-likeness (QED) is 0.378. The number of anilines is 1. The van der Waals surface area contributed by atoms with Crippen molar-refractivity contribution < 1.29 is 23.7 Å². The first-order chi connectivity index (χ1) is 18.2. The Morgan fingerprint density at radius 2 is 1.97 bits per heavy atom. The molecule has 8 nitrogen and oxygen atoms in total. The number of aromatic nitrogens is 1. The zero-order valence-electron chi connectivity index (χ0n) is 22.5. The van der Waals surface area contributed by atoms with Crippen molar-refractivity contribution in [2.24, 2.45) is 5.41 Å². The molecule has 2 atom stereocenters. The van der Waals surface area contributed by atoms with Gasteiger partial charge in [-0.15, -0.1) is 0 Å². The minimum atomic E-state index is -0.483. The topological polar surface area (TPSA) is 94.7 Å². The summed E-state index contributed by atoms with van der Waals surface area (Å²) >= 11 is 0. The molecular formula is C30H35N3O5. The molecule has 1 aliphatic heterocycles. The minimum Gasteiger partial charge on any atom is -0.491 e. The zero-order valence-corrected chi connectivity index (χ0v) is 22.5. The average Bonchev–Trinajstić information content (AvgIpc) is 3.48. The first-order valence-electron chi connectivity index (χ1n) is 13.2. The van der Waals surface area contributed by atoms with Crippen molar-refractivity contribution in [2.45, 2.75) is 65.2 Å². The van der Waals surface area contributed by atoms with E-state index in [0.29, 0.717) is 43.0 Å². The van der Waals surface area contributed by atoms with Crippen LogP contribution in [0.1, 0.15) is 58.6 Å². The molecule has 38 heavy (non-hydrogen) atoms. The highest BCUT2D eigenvalue weighted by Gasteiger charge is 2.28. The first kappa shape index (κ1) is 26.1. The molecule has 0 spiro atoms. The molecule has 1 amide bonds. The van der Waals surface area contributed by atoms with Gasteiger partial charge in [0.05, 0.1) is 23.4 Å². The molecule has 1 saturated carbocycles. The normalized spacial score (nSPS) is 18.6. The third-order valence-corrected chi connectivity index (χ3v) is 7.56. The molecule has 1 N–H and O–H groups in total. The van der Waals surface area contributed by atoms with E-state index in [0.717, 1.165) is 35.0 Å². The van der Waals surface area contributed by atoms with Crippen LogP contribution in [-0.2, 0) is 14.2 Å². The van der Waals surface area contributed by atoms with Crippen LogP contribution in [0.3, 0.4) is 0 Å². The second-order valence-electron chi connectivity index (χ2n) is 11.2. The molecule has 2 aromatic carbocycles. The Morgan fingerprint density at radius 3 is 2.58 bits per heavy atom. The van der Waals surface area contributed by atoms with Gasteiger partial charge < -0.3 is 23.5 Å². The Labute approximate surface area is 223 Å². The number of carbonyl (C=O) groups excluding carboxylic acids is 1. The van der Waals surface area contributed by atoms with Gasteiger partial charge in [-0.3, -0.25) is 5.32 Å². The third-order valence-electron chi connectivity index (χ3n) is 7.56. The molecule has 3 aromatic rings. The van der Waals surface area contributed by atoms with Gasteiger partial charge in [-0.05, 0) is 67.5 Å². The lowest BCUT2D eigenvalue weighted by molar-refractivity contribution is 0.0320. The highest BCUT2D eigenvalue weighted by molar-refractivity contribution is 5.96. The van der Waals surface area contributed by atoms with Crippen LogP contribution in [0, 0.1) is 16.7 Å². The first-order valence-corrected chi connectivity index (χ1v) is 13.2. The summed E-state index contributed by atoms with van der Waals surface area (Å²) in [6, 6.07) is 16.3. The number of nitriles is 1. The maximum absolute atomic E-state index is 12.4. The number of fused-ring (bicyclic) bond motifs is 1. The van der Waals surface area contributed by atoms with E-state index in [4.69, 9.17) is 18.9 Å². The smallest absolute Gasteiger partial charge is 0.411 e. The maximum Gasteiger partial charge on any atom is 0.411 e. The van der Waals surface area contributed by atoms with Crippen molar-refractivity contribution in [2.75, 3.05) is 25.3 Å². The number of rotatable bonds is 7. The van der Waals surface area contributed by atoms with E-state index < -0.39 is 6.09 Å². The van der Waals surface area contributed by atoms with Crippen molar-refractivity contribution in [1.82, 2.24) is 4.57 Å². The van der Waals surface area contributed by atoms with Crippen molar-refractivity contribution in [1.29, 1.82) is 5.26 Å². The predicted octanol–water partition coefficient (Wildman–Crippen LogP) is 6.64. The van der Waals surface area contributed by atoms with Crippen LogP contribution in [-0.4, -0.2) is 42.9 Å². The van der Waals surface area contributed by atoms with E-state index in [1.54, 1.807) is 0 Å². The van der Waals surface area contributed by atoms with E-state index in [1.165, 1.54) is 6.42 Å². The Hall–Kier alpha value is -3.54. The fraction of sp³-hybridized carbons (Fsp3) is 0.467. The number of hydrogen-bond acceptors (Lipinski definition) is 6. The van der Waals surface area contributed by atoms with E-state index in [2.05, 4.69) is 16.0 Å². The summed E-state index contributed by atoms with van der Waals surface area (Å²) in [7, 11) is 0. The summed E-state index contributed by atoms with van der Waals surface area (Å²) in [6.45, 7) is 9.19. The van der Waals surface area contributed by atoms with Gasteiger partial charge in [0.25, 0.3) is 0 Å². The van der Waals surface area contributed by atoms with Gasteiger partial charge in [0.2, 0.25) is 0 Å². The molecule has 1 aromatic heterocycles. The Morgan fingerprint density at radius 1 is 1.21 bits per heavy atom. The van der Waals surface area contributed by atoms with Crippen LogP contribution < -0.4 is 10.1 Å². The lowest BCUT2D eigenvalue weighted by Gasteiger charge is -2.30. The van der Waals surface area contributed by atoms with Crippen LogP contribution in [0.5, 0.6) is 5.75 Å². The van der Waals surface area contributed by atoms with Crippen LogP contribution in [0.2, 0.25) is 0 Å². The lowest BCUT2D eigenvalue weighted by atomic mass is 9.90. The summed E-state index contributed by atoms with van der Waals surface area (Å²) in [5.41, 5.74) is 3.96. The standard InChI is InChI=1S/C30H35N3O5/c1-19(30(2,3)4)38-29(34)32-21-10-8-20(9-11-21)28-26(15-31)25-14-23(36-17-24-16-35-18-37-24)12-13-27(25)33(28)22-6-5-7-22/h8-14,19,22,24H,5-7,16-18H2,1-4H3,(H,32,34). The maximum atomic E-state index is 12.4. The van der Waals surface area contributed by atoms with E-state index >= 15 is 0 Å². The highest BCUT2D eigenvalue weighted by atomic mass is 16.7.